The molecule has 0 atom stereocenters. The van der Waals surface area contributed by atoms with E-state index in [1.165, 1.54) is 219 Å². The van der Waals surface area contributed by atoms with Crippen LogP contribution in [0.4, 0.5) is 0 Å². The maximum Gasteiger partial charge on any atom is 0.0622 e. The Labute approximate surface area is 660 Å². The number of aromatic nitrogens is 5. The van der Waals surface area contributed by atoms with Crippen molar-refractivity contribution < 1.29 is 0 Å². The molecule has 0 bridgehead atoms. The standard InChI is InChI=1S/C108H95N5/c1-103(2,3)60-31-38-91-77(45-60)78-46-61(104(4,5)6)32-39-92(78)109(91)66-37-44-97-83(51-66)87-52-67(110-93-40-33-62(105(7,8)9)47-79(93)80-48-63(106(10,11)12)34-41-94(80)110)54-89-85-59-100-86(58-99(85)112(97)101(87)89)90-55-68(111-95-42-35-64(107(13,14)15)49-81(95)82-50-65(108(16,17)18)36-43-96(82)111)53-88-84-56-75-73-29-23-21-27-71(73)69-25-19-20-26-70(69)72-28-22-24-30-74(72)76(75)57-98(84)113(100)102(88)90/h19-59H,1-18H3. The number of rotatable bonds is 3. The molecule has 22 rings (SSSR count). The number of fused-ring (bicyclic) bond motifs is 29. The summed E-state index contributed by atoms with van der Waals surface area (Å²) in [6, 6.07) is 98.8. The molecule has 113 heavy (non-hydrogen) atoms. The Balaban J connectivity index is 0.891. The minimum absolute atomic E-state index is 0.0238. The average Bonchev–Trinajstić information content (AvgIpc) is 1.51. The van der Waals surface area contributed by atoms with E-state index in [2.05, 4.69) is 396 Å². The quantitative estimate of drug-likeness (QED) is 0.168. The number of hydrogen-bond donors (Lipinski definition) is 0. The van der Waals surface area contributed by atoms with Crippen LogP contribution in [0.15, 0.2) is 249 Å². The van der Waals surface area contributed by atoms with E-state index in [4.69, 9.17) is 0 Å². The van der Waals surface area contributed by atoms with Crippen LogP contribution in [0.5, 0.6) is 0 Å². The summed E-state index contributed by atoms with van der Waals surface area (Å²) in [4.78, 5) is 0. The number of nitrogens with zero attached hydrogens (tertiary/aromatic N) is 5. The van der Waals surface area contributed by atoms with E-state index in [0.29, 0.717) is 0 Å². The summed E-state index contributed by atoms with van der Waals surface area (Å²) >= 11 is 0. The Morgan fingerprint density at radius 1 is 0.159 bits per heavy atom. The SMILES string of the molecule is CC(C)(C)c1ccc2c(c1)c1cc(C(C)(C)C)ccc1n2-c1ccc2c(c1)c1cc(-n3c4ccc(C(C)(C)C)cc4c4cc(C(C)(C)C)ccc43)cc3c4cc5c(cc4n2c13)c1cc(-n2c3ccc(C(C)(C)C)cc3c3cc(C(C)(C)C)ccc32)cc2c3cc4c(cc3n5c21)-c1ccccc1-c1ccccc1-c1ccccc1-4. The van der Waals surface area contributed by atoms with E-state index >= 15 is 0 Å². The highest BCUT2D eigenvalue weighted by Gasteiger charge is 2.32. The fourth-order valence-corrected chi connectivity index (χ4v) is 20.0. The van der Waals surface area contributed by atoms with Crippen molar-refractivity contribution in [3.63, 3.8) is 0 Å². The van der Waals surface area contributed by atoms with Crippen molar-refractivity contribution in [3.05, 3.63) is 282 Å². The third kappa shape index (κ3) is 9.64. The summed E-state index contributed by atoms with van der Waals surface area (Å²) in [6.45, 7) is 42.1. The maximum absolute atomic E-state index is 2.67. The normalized spacial score (nSPS) is 13.6. The van der Waals surface area contributed by atoms with Gasteiger partial charge >= 0.3 is 0 Å². The first-order valence-electron chi connectivity index (χ1n) is 40.9. The Bertz CT molecular complexity index is 7550. The third-order valence-electron chi connectivity index (χ3n) is 26.2. The van der Waals surface area contributed by atoms with Gasteiger partial charge in [0.2, 0.25) is 0 Å². The molecule has 1 aliphatic carbocycles. The van der Waals surface area contributed by atoms with Crippen molar-refractivity contribution in [2.75, 3.05) is 0 Å². The largest absolute Gasteiger partial charge is 0.309 e. The molecule has 7 aromatic heterocycles. The molecule has 0 saturated carbocycles. The average molecular weight is 1460 g/mol. The maximum atomic E-state index is 2.67. The first-order valence-corrected chi connectivity index (χ1v) is 40.9. The van der Waals surface area contributed by atoms with Gasteiger partial charge in [0.25, 0.3) is 0 Å². The van der Waals surface area contributed by atoms with Gasteiger partial charge in [0, 0.05) is 92.5 Å². The Morgan fingerprint density at radius 2 is 0.372 bits per heavy atom. The van der Waals surface area contributed by atoms with Gasteiger partial charge in [-0.3, -0.25) is 0 Å². The van der Waals surface area contributed by atoms with Crippen LogP contribution in [0, 0.1) is 0 Å². The Kier molecular flexibility index (Phi) is 13.5. The highest BCUT2D eigenvalue weighted by molar-refractivity contribution is 6.31. The van der Waals surface area contributed by atoms with E-state index in [1.54, 1.807) is 0 Å². The molecule has 0 aliphatic heterocycles. The Morgan fingerprint density at radius 3 is 0.664 bits per heavy atom. The molecule has 0 amide bonds. The topological polar surface area (TPSA) is 23.6 Å². The van der Waals surface area contributed by atoms with Gasteiger partial charge in [-0.25, -0.2) is 0 Å². The minimum Gasteiger partial charge on any atom is -0.309 e. The zero-order valence-electron chi connectivity index (χ0n) is 68.4. The van der Waals surface area contributed by atoms with Gasteiger partial charge in [-0.1, -0.05) is 234 Å². The third-order valence-corrected chi connectivity index (χ3v) is 26.2. The van der Waals surface area contributed by atoms with Crippen LogP contribution in [0.3, 0.4) is 0 Å². The van der Waals surface area contributed by atoms with Crippen molar-refractivity contribution in [2.45, 2.75) is 157 Å². The van der Waals surface area contributed by atoms with E-state index < -0.39 is 0 Å². The van der Waals surface area contributed by atoms with E-state index in [0.717, 1.165) is 17.1 Å². The summed E-state index contributed by atoms with van der Waals surface area (Å²) in [5.41, 5.74) is 35.6. The molecule has 7 heterocycles. The van der Waals surface area contributed by atoms with Crippen LogP contribution >= 0.6 is 0 Å². The van der Waals surface area contributed by atoms with Crippen LogP contribution in [0.25, 0.3) is 203 Å². The molecule has 5 nitrogen and oxygen atoms in total. The second-order valence-corrected chi connectivity index (χ2v) is 39.5. The van der Waals surface area contributed by atoms with Gasteiger partial charge in [-0.2, -0.15) is 0 Å². The monoisotopic (exact) mass is 1460 g/mol. The van der Waals surface area contributed by atoms with E-state index in [9.17, 15) is 0 Å². The predicted octanol–water partition coefficient (Wildman–Crippen LogP) is 30.0. The fraction of sp³-hybridized carbons (Fsp3) is 0.222. The zero-order valence-corrected chi connectivity index (χ0v) is 68.4. The molecule has 21 aromatic rings. The summed E-state index contributed by atoms with van der Waals surface area (Å²) in [7, 11) is 0. The summed E-state index contributed by atoms with van der Waals surface area (Å²) in [5.74, 6) is 0. The van der Waals surface area contributed by atoms with Crippen molar-refractivity contribution in [3.8, 4) is 61.6 Å². The predicted molar refractivity (Wildman–Crippen MR) is 486 cm³/mol. The minimum atomic E-state index is -0.0469. The van der Waals surface area contributed by atoms with Crippen LogP contribution in [-0.4, -0.2) is 22.5 Å². The molecule has 0 fully saturated rings. The van der Waals surface area contributed by atoms with Gasteiger partial charge in [0.05, 0.1) is 66.2 Å². The molecule has 0 unspecified atom stereocenters. The highest BCUT2D eigenvalue weighted by atomic mass is 15.0. The lowest BCUT2D eigenvalue weighted by Gasteiger charge is -2.23. The molecule has 0 spiro atoms. The Hall–Kier alpha value is -11.9. The zero-order chi connectivity index (χ0) is 77.7. The molecule has 0 saturated heterocycles. The lowest BCUT2D eigenvalue weighted by atomic mass is 9.80. The lowest BCUT2D eigenvalue weighted by Crippen LogP contribution is -2.10. The molecular weight excluding hydrogens is 1370 g/mol. The van der Waals surface area contributed by atoms with Crippen molar-refractivity contribution in [2.24, 2.45) is 0 Å². The molecule has 552 valence electrons. The second kappa shape index (κ2) is 22.5. The number of hydrogen-bond acceptors (Lipinski definition) is 0. The molecule has 0 radical (unpaired) electrons. The van der Waals surface area contributed by atoms with Gasteiger partial charge < -0.3 is 22.5 Å². The molecule has 1 aliphatic rings. The first kappa shape index (κ1) is 67.9. The fourth-order valence-electron chi connectivity index (χ4n) is 20.0. The lowest BCUT2D eigenvalue weighted by molar-refractivity contribution is 0.590. The summed E-state index contributed by atoms with van der Waals surface area (Å²) < 4.78 is 13.1. The van der Waals surface area contributed by atoms with Gasteiger partial charge in [0.1, 0.15) is 0 Å². The van der Waals surface area contributed by atoms with Crippen molar-refractivity contribution >= 4 is 142 Å². The highest BCUT2D eigenvalue weighted by Crippen LogP contribution is 2.54. The van der Waals surface area contributed by atoms with Crippen LogP contribution in [0.1, 0.15) is 158 Å². The second-order valence-electron chi connectivity index (χ2n) is 39.5. The van der Waals surface area contributed by atoms with Crippen molar-refractivity contribution in [1.29, 1.82) is 0 Å². The summed E-state index contributed by atoms with van der Waals surface area (Å²) in [5, 5.41) is 17.6. The number of benzene rings is 14. The molecule has 0 N–H and O–H groups in total. The van der Waals surface area contributed by atoms with Crippen LogP contribution < -0.4 is 0 Å². The molecule has 14 aromatic carbocycles. The first-order chi connectivity index (χ1) is 53.8. The van der Waals surface area contributed by atoms with Gasteiger partial charge in [-0.15, -0.1) is 0 Å². The van der Waals surface area contributed by atoms with Gasteiger partial charge in [-0.05, 0) is 250 Å². The van der Waals surface area contributed by atoms with E-state index in [1.807, 2.05) is 0 Å². The molecular formula is C108H95N5. The summed E-state index contributed by atoms with van der Waals surface area (Å²) in [6.07, 6.45) is 0. The molecule has 5 heteroatoms. The van der Waals surface area contributed by atoms with Crippen LogP contribution in [-0.2, 0) is 32.5 Å². The van der Waals surface area contributed by atoms with Crippen LogP contribution in [0.2, 0.25) is 0 Å². The van der Waals surface area contributed by atoms with Crippen molar-refractivity contribution in [1.82, 2.24) is 22.5 Å². The van der Waals surface area contributed by atoms with E-state index in [-0.39, 0.29) is 32.5 Å². The smallest absolute Gasteiger partial charge is 0.0622 e. The van der Waals surface area contributed by atoms with Gasteiger partial charge in [0.15, 0.2) is 0 Å².